The Morgan fingerprint density at radius 1 is 1.31 bits per heavy atom. The van der Waals surface area contributed by atoms with E-state index in [2.05, 4.69) is 11.1 Å². The lowest BCUT2D eigenvalue weighted by Crippen LogP contribution is -2.13. The summed E-state index contributed by atoms with van der Waals surface area (Å²) in [5.41, 5.74) is 2.31. The van der Waals surface area contributed by atoms with Gasteiger partial charge in [0.2, 0.25) is 0 Å². The third-order valence-corrected chi connectivity index (χ3v) is 3.15. The summed E-state index contributed by atoms with van der Waals surface area (Å²) in [6.45, 7) is 0. The molecule has 0 saturated carbocycles. The zero-order valence-corrected chi connectivity index (χ0v) is 9.60. The van der Waals surface area contributed by atoms with Crippen LogP contribution in [0.2, 0.25) is 0 Å². The normalized spacial score (nSPS) is 17.9. The van der Waals surface area contributed by atoms with Crippen LogP contribution in [0.4, 0.5) is 0 Å². The van der Waals surface area contributed by atoms with Gasteiger partial charge in [-0.25, -0.2) is 0 Å². The lowest BCUT2D eigenvalue weighted by atomic mass is 9.93. The molecule has 1 aromatic rings. The Morgan fingerprint density at radius 3 is 2.94 bits per heavy atom. The highest BCUT2D eigenvalue weighted by Gasteiger charge is 2.13. The summed E-state index contributed by atoms with van der Waals surface area (Å²) >= 11 is 0. The van der Waals surface area contributed by atoms with Crippen molar-refractivity contribution in [3.8, 4) is 0 Å². The minimum Gasteiger partial charge on any atom is -0.389 e. The topological polar surface area (TPSA) is 33.1 Å². The van der Waals surface area contributed by atoms with E-state index in [9.17, 15) is 5.11 Å². The van der Waals surface area contributed by atoms with Crippen molar-refractivity contribution < 1.29 is 5.11 Å². The Morgan fingerprint density at radius 2 is 2.25 bits per heavy atom. The van der Waals surface area contributed by atoms with Crippen LogP contribution >= 0.6 is 0 Å². The number of hydrogen-bond acceptors (Lipinski definition) is 2. The fraction of sp³-hybridized carbons (Fsp3) is 0.500. The highest BCUT2D eigenvalue weighted by atomic mass is 16.3. The molecule has 16 heavy (non-hydrogen) atoms. The molecule has 86 valence electrons. The molecule has 1 aliphatic carbocycles. The number of pyridine rings is 1. The molecule has 2 heteroatoms. The summed E-state index contributed by atoms with van der Waals surface area (Å²) in [7, 11) is 0. The average molecular weight is 217 g/mol. The predicted molar refractivity (Wildman–Crippen MR) is 65.1 cm³/mol. The first kappa shape index (κ1) is 11.3. The highest BCUT2D eigenvalue weighted by molar-refractivity contribution is 5.12. The Balaban J connectivity index is 1.83. The van der Waals surface area contributed by atoms with E-state index < -0.39 is 0 Å². The Kier molecular flexibility index (Phi) is 4.11. The van der Waals surface area contributed by atoms with Crippen molar-refractivity contribution in [2.75, 3.05) is 0 Å². The first-order chi connectivity index (χ1) is 7.86. The number of allylic oxidation sites excluding steroid dienone is 1. The molecule has 1 unspecified atom stereocenters. The van der Waals surface area contributed by atoms with Gasteiger partial charge in [-0.2, -0.15) is 0 Å². The average Bonchev–Trinajstić information content (AvgIpc) is 2.38. The predicted octanol–water partition coefficient (Wildman–Crippen LogP) is 2.88. The molecular formula is C14H19NO. The highest BCUT2D eigenvalue weighted by Crippen LogP contribution is 2.22. The number of hydrogen-bond donors (Lipinski definition) is 1. The summed E-state index contributed by atoms with van der Waals surface area (Å²) in [6.07, 6.45) is 10.1. The van der Waals surface area contributed by atoms with E-state index >= 15 is 0 Å². The van der Waals surface area contributed by atoms with Gasteiger partial charge in [-0.05, 0) is 56.2 Å². The van der Waals surface area contributed by atoms with E-state index in [1.54, 1.807) is 0 Å². The molecule has 1 atom stereocenters. The zero-order valence-electron chi connectivity index (χ0n) is 9.60. The van der Waals surface area contributed by atoms with Crippen molar-refractivity contribution >= 4 is 0 Å². The summed E-state index contributed by atoms with van der Waals surface area (Å²) < 4.78 is 0. The van der Waals surface area contributed by atoms with Gasteiger partial charge in [-0.15, -0.1) is 0 Å². The van der Waals surface area contributed by atoms with Crippen LogP contribution in [0.25, 0.3) is 0 Å². The maximum atomic E-state index is 10.0. The van der Waals surface area contributed by atoms with E-state index in [4.69, 9.17) is 0 Å². The quantitative estimate of drug-likeness (QED) is 0.787. The monoisotopic (exact) mass is 217 g/mol. The van der Waals surface area contributed by atoms with Gasteiger partial charge in [0, 0.05) is 11.9 Å². The minimum absolute atomic E-state index is 0.262. The zero-order chi connectivity index (χ0) is 11.2. The summed E-state index contributed by atoms with van der Waals surface area (Å²) in [4.78, 5) is 4.27. The second kappa shape index (κ2) is 5.80. The maximum absolute atomic E-state index is 10.0. The SMILES string of the molecule is OC(CCc1ccccn1)C1=CCCCC1. The van der Waals surface area contributed by atoms with Crippen LogP contribution in [0.1, 0.15) is 37.8 Å². The molecule has 1 N–H and O–H groups in total. The summed E-state index contributed by atoms with van der Waals surface area (Å²) in [6, 6.07) is 5.93. The molecule has 0 spiro atoms. The standard InChI is InChI=1S/C14H19NO/c16-14(12-6-2-1-3-7-12)10-9-13-8-4-5-11-15-13/h4-6,8,11,14,16H,1-3,7,9-10H2. The largest absolute Gasteiger partial charge is 0.389 e. The number of nitrogens with zero attached hydrogens (tertiary/aromatic N) is 1. The van der Waals surface area contributed by atoms with Gasteiger partial charge in [0.1, 0.15) is 0 Å². The van der Waals surface area contributed by atoms with Crippen LogP contribution in [-0.4, -0.2) is 16.2 Å². The molecule has 0 aromatic carbocycles. The van der Waals surface area contributed by atoms with Gasteiger partial charge in [0.25, 0.3) is 0 Å². The Hall–Kier alpha value is -1.15. The van der Waals surface area contributed by atoms with E-state index in [1.165, 1.54) is 18.4 Å². The fourth-order valence-electron chi connectivity index (χ4n) is 2.18. The van der Waals surface area contributed by atoms with Crippen molar-refractivity contribution in [2.45, 2.75) is 44.6 Å². The van der Waals surface area contributed by atoms with E-state index in [0.717, 1.165) is 31.4 Å². The summed E-state index contributed by atoms with van der Waals surface area (Å²) in [5.74, 6) is 0. The molecular weight excluding hydrogens is 198 g/mol. The van der Waals surface area contributed by atoms with Gasteiger partial charge < -0.3 is 5.11 Å². The van der Waals surface area contributed by atoms with Crippen LogP contribution in [0.5, 0.6) is 0 Å². The molecule has 0 bridgehead atoms. The van der Waals surface area contributed by atoms with Crippen molar-refractivity contribution in [1.29, 1.82) is 0 Å². The molecule has 2 rings (SSSR count). The lowest BCUT2D eigenvalue weighted by molar-refractivity contribution is 0.193. The van der Waals surface area contributed by atoms with Crippen molar-refractivity contribution in [1.82, 2.24) is 4.98 Å². The number of rotatable bonds is 4. The molecule has 0 aliphatic heterocycles. The number of aliphatic hydroxyl groups excluding tert-OH is 1. The second-order valence-corrected chi connectivity index (χ2v) is 4.40. The van der Waals surface area contributed by atoms with Gasteiger partial charge in [0.15, 0.2) is 0 Å². The molecule has 0 amide bonds. The van der Waals surface area contributed by atoms with Gasteiger partial charge in [-0.1, -0.05) is 12.1 Å². The number of aromatic nitrogens is 1. The summed E-state index contributed by atoms with van der Waals surface area (Å²) in [5, 5.41) is 10.0. The van der Waals surface area contributed by atoms with Crippen LogP contribution in [0.15, 0.2) is 36.0 Å². The maximum Gasteiger partial charge on any atom is 0.0753 e. The smallest absolute Gasteiger partial charge is 0.0753 e. The Labute approximate surface area is 97.0 Å². The van der Waals surface area contributed by atoms with Gasteiger partial charge in [-0.3, -0.25) is 4.98 Å². The molecule has 0 radical (unpaired) electrons. The van der Waals surface area contributed by atoms with Gasteiger partial charge >= 0.3 is 0 Å². The molecule has 0 saturated heterocycles. The molecule has 2 nitrogen and oxygen atoms in total. The molecule has 1 aliphatic rings. The molecule has 1 heterocycles. The lowest BCUT2D eigenvalue weighted by Gasteiger charge is -2.18. The van der Waals surface area contributed by atoms with Crippen molar-refractivity contribution in [2.24, 2.45) is 0 Å². The van der Waals surface area contributed by atoms with Crippen molar-refractivity contribution in [3.63, 3.8) is 0 Å². The number of aryl methyl sites for hydroxylation is 1. The van der Waals surface area contributed by atoms with Crippen LogP contribution < -0.4 is 0 Å². The molecule has 0 fully saturated rings. The van der Waals surface area contributed by atoms with Crippen LogP contribution in [0, 0.1) is 0 Å². The second-order valence-electron chi connectivity index (χ2n) is 4.40. The fourth-order valence-corrected chi connectivity index (χ4v) is 2.18. The molecule has 1 aromatic heterocycles. The first-order valence-electron chi connectivity index (χ1n) is 6.13. The number of aliphatic hydroxyl groups is 1. The third-order valence-electron chi connectivity index (χ3n) is 3.15. The van der Waals surface area contributed by atoms with Crippen LogP contribution in [-0.2, 0) is 6.42 Å². The first-order valence-corrected chi connectivity index (χ1v) is 6.13. The van der Waals surface area contributed by atoms with E-state index in [0.29, 0.717) is 0 Å². The van der Waals surface area contributed by atoms with Crippen molar-refractivity contribution in [3.05, 3.63) is 41.7 Å². The van der Waals surface area contributed by atoms with E-state index in [-0.39, 0.29) is 6.10 Å². The van der Waals surface area contributed by atoms with Crippen LogP contribution in [0.3, 0.4) is 0 Å². The third kappa shape index (κ3) is 3.17. The minimum atomic E-state index is -0.262. The Bertz CT molecular complexity index is 345. The van der Waals surface area contributed by atoms with E-state index in [1.807, 2.05) is 24.4 Å². The van der Waals surface area contributed by atoms with Gasteiger partial charge in [0.05, 0.1) is 6.10 Å².